The Labute approximate surface area is 296 Å². The summed E-state index contributed by atoms with van der Waals surface area (Å²) in [5, 5.41) is 5.67. The quantitative estimate of drug-likeness (QED) is 0.129. The molecule has 1 aliphatic rings. The Morgan fingerprint density at radius 2 is 1.08 bits per heavy atom. The van der Waals surface area contributed by atoms with Gasteiger partial charge < -0.3 is 8.98 Å². The Hall–Kier alpha value is -6.28. The fourth-order valence-corrected chi connectivity index (χ4v) is 8.75. The van der Waals surface area contributed by atoms with Crippen LogP contribution < -0.4 is 0 Å². The zero-order valence-corrected chi connectivity index (χ0v) is 27.4. The van der Waals surface area contributed by atoms with Gasteiger partial charge in [0.15, 0.2) is 5.58 Å². The molecular weight excluding hydrogens is 684 g/mol. The highest BCUT2D eigenvalue weighted by molar-refractivity contribution is 6.23. The zero-order valence-electron chi connectivity index (χ0n) is 27.4. The minimum absolute atomic E-state index is 0.171. The van der Waals surface area contributed by atoms with Crippen LogP contribution in [0.5, 0.6) is 0 Å². The molecule has 0 aliphatic heterocycles. The van der Waals surface area contributed by atoms with Crippen molar-refractivity contribution < 1.29 is 30.8 Å². The molecule has 2 aromatic heterocycles. The number of para-hydroxylation sites is 2. The van der Waals surface area contributed by atoms with Crippen LogP contribution in [0, 0.1) is 0 Å². The summed E-state index contributed by atoms with van der Waals surface area (Å²) in [6, 6.07) is 42.3. The summed E-state index contributed by atoms with van der Waals surface area (Å²) < 4.78 is 100. The molecule has 8 aromatic carbocycles. The molecule has 0 bridgehead atoms. The maximum Gasteiger partial charge on any atom is 0.380 e. The number of rotatable bonds is 2. The maximum atomic E-state index is 15.5. The summed E-state index contributed by atoms with van der Waals surface area (Å²) in [4.78, 5) is 0. The number of aromatic nitrogens is 1. The summed E-state index contributed by atoms with van der Waals surface area (Å²) >= 11 is 0. The fourth-order valence-electron chi connectivity index (χ4n) is 8.75. The predicted octanol–water partition coefficient (Wildman–Crippen LogP) is 13.6. The molecule has 0 amide bonds. The Kier molecular flexibility index (Phi) is 5.72. The van der Waals surface area contributed by atoms with Gasteiger partial charge in [0.05, 0.1) is 16.7 Å². The normalized spacial score (nSPS) is 16.2. The third-order valence-electron chi connectivity index (χ3n) is 11.1. The Morgan fingerprint density at radius 3 is 1.85 bits per heavy atom. The molecule has 11 rings (SSSR count). The summed E-state index contributed by atoms with van der Waals surface area (Å²) in [5.41, 5.74) is 2.60. The van der Waals surface area contributed by atoms with Crippen molar-refractivity contribution in [2.75, 3.05) is 0 Å². The van der Waals surface area contributed by atoms with Gasteiger partial charge >= 0.3 is 17.8 Å². The molecule has 10 aromatic rings. The highest BCUT2D eigenvalue weighted by Gasteiger charge is 2.79. The largest absolute Gasteiger partial charge is 0.454 e. The van der Waals surface area contributed by atoms with Crippen molar-refractivity contribution in [1.29, 1.82) is 0 Å². The molecule has 1 aliphatic carbocycles. The van der Waals surface area contributed by atoms with Gasteiger partial charge in [-0.25, -0.2) is 0 Å². The molecule has 2 nitrogen and oxygen atoms in total. The first kappa shape index (κ1) is 30.4. The first-order valence-corrected chi connectivity index (χ1v) is 17.1. The lowest BCUT2D eigenvalue weighted by Gasteiger charge is -2.23. The summed E-state index contributed by atoms with van der Waals surface area (Å²) in [6.45, 7) is 0. The number of nitrogens with zero attached hydrogens (tertiary/aromatic N) is 1. The van der Waals surface area contributed by atoms with E-state index in [1.165, 1.54) is 30.3 Å². The van der Waals surface area contributed by atoms with Gasteiger partial charge in [-0.15, -0.1) is 0 Å². The monoisotopic (exact) mass is 707 g/mol. The predicted molar refractivity (Wildman–Crippen MR) is 199 cm³/mol. The molecule has 0 unspecified atom stereocenters. The van der Waals surface area contributed by atoms with Gasteiger partial charge in [0.25, 0.3) is 0 Å². The second kappa shape index (κ2) is 9.98. The van der Waals surface area contributed by atoms with Crippen molar-refractivity contribution in [2.24, 2.45) is 0 Å². The van der Waals surface area contributed by atoms with Crippen LogP contribution in [0.4, 0.5) is 26.3 Å². The van der Waals surface area contributed by atoms with E-state index in [2.05, 4.69) is 41.0 Å². The molecule has 0 fully saturated rings. The van der Waals surface area contributed by atoms with Crippen molar-refractivity contribution >= 4 is 76.1 Å². The molecule has 0 spiro atoms. The number of benzene rings is 8. The van der Waals surface area contributed by atoms with Crippen molar-refractivity contribution in [3.8, 4) is 16.8 Å². The highest BCUT2D eigenvalue weighted by Crippen LogP contribution is 2.66. The van der Waals surface area contributed by atoms with Gasteiger partial charge in [-0.3, -0.25) is 0 Å². The Bertz CT molecular complexity index is 3230. The topological polar surface area (TPSA) is 18.1 Å². The van der Waals surface area contributed by atoms with E-state index in [0.717, 1.165) is 49.0 Å². The first-order valence-electron chi connectivity index (χ1n) is 17.1. The minimum Gasteiger partial charge on any atom is -0.454 e. The van der Waals surface area contributed by atoms with E-state index in [4.69, 9.17) is 4.42 Å². The number of alkyl halides is 6. The second-order valence-electron chi connectivity index (χ2n) is 13.7. The smallest absolute Gasteiger partial charge is 0.380 e. The van der Waals surface area contributed by atoms with Crippen LogP contribution in [-0.2, 0) is 11.8 Å². The van der Waals surface area contributed by atoms with E-state index in [1.54, 1.807) is 12.1 Å². The van der Waals surface area contributed by atoms with Crippen LogP contribution in [0.3, 0.4) is 0 Å². The summed E-state index contributed by atoms with van der Waals surface area (Å²) in [7, 11) is 0. The van der Waals surface area contributed by atoms with E-state index in [9.17, 15) is 8.78 Å². The minimum atomic E-state index is -5.60. The van der Waals surface area contributed by atoms with E-state index in [1.807, 2.05) is 60.7 Å². The van der Waals surface area contributed by atoms with E-state index in [0.29, 0.717) is 22.3 Å². The number of hydrogen-bond donors (Lipinski definition) is 0. The third-order valence-corrected chi connectivity index (χ3v) is 11.1. The second-order valence-corrected chi connectivity index (χ2v) is 13.7. The molecular formula is C45H23F6NO. The van der Waals surface area contributed by atoms with Gasteiger partial charge in [0, 0.05) is 32.7 Å². The molecule has 0 saturated carbocycles. The van der Waals surface area contributed by atoms with E-state index in [-0.39, 0.29) is 21.5 Å². The molecule has 8 heteroatoms. The van der Waals surface area contributed by atoms with Crippen LogP contribution >= 0.6 is 0 Å². The number of hydrogen-bond acceptors (Lipinski definition) is 1. The van der Waals surface area contributed by atoms with Crippen molar-refractivity contribution in [2.45, 2.75) is 17.8 Å². The highest BCUT2D eigenvalue weighted by atomic mass is 19.3. The van der Waals surface area contributed by atoms with Gasteiger partial charge in [-0.05, 0) is 73.8 Å². The zero-order chi connectivity index (χ0) is 36.0. The average Bonchev–Trinajstić information content (AvgIpc) is 3.76. The van der Waals surface area contributed by atoms with Crippen LogP contribution in [0.25, 0.3) is 92.9 Å². The summed E-state index contributed by atoms with van der Waals surface area (Å²) in [5.74, 6) is -15.8. The number of fused-ring (bicyclic) bond motifs is 14. The molecule has 0 saturated heterocycles. The summed E-state index contributed by atoms with van der Waals surface area (Å²) in [6.07, 6.45) is 0. The lowest BCUT2D eigenvalue weighted by Crippen LogP contribution is -2.43. The Balaban J connectivity index is 1.23. The SMILES string of the molecule is FC1(F)c2c(c3ccc(-c4ccc(-n5c6ccccc6c6c7ccccc7ccc65)c5oc6ccccc6c45)cc3c3ccccc23)C(F)(F)C1(F)F. The van der Waals surface area contributed by atoms with Crippen molar-refractivity contribution in [3.05, 3.63) is 151 Å². The maximum absolute atomic E-state index is 15.5. The van der Waals surface area contributed by atoms with Gasteiger partial charge in [0.1, 0.15) is 5.58 Å². The van der Waals surface area contributed by atoms with Crippen LogP contribution in [0.15, 0.2) is 144 Å². The molecule has 53 heavy (non-hydrogen) atoms. The molecule has 0 atom stereocenters. The number of halogens is 6. The molecule has 2 heterocycles. The average molecular weight is 708 g/mol. The fraction of sp³-hybridized carbons (Fsp3) is 0.0667. The van der Waals surface area contributed by atoms with Gasteiger partial charge in [0.2, 0.25) is 0 Å². The molecule has 0 radical (unpaired) electrons. The van der Waals surface area contributed by atoms with Gasteiger partial charge in [-0.1, -0.05) is 109 Å². The molecule has 0 N–H and O–H groups in total. The van der Waals surface area contributed by atoms with Crippen LogP contribution in [0.1, 0.15) is 11.1 Å². The standard InChI is InChI=1S/C45H23F6NO/c46-43(47)40-29-12-4-3-11-28(29)33-23-25(17-19-30(33)41(40)44(48,49)45(43,50)51)27-20-22-36(42-39(27)32-14-6-8-16-37(32)53-42)52-34-15-7-5-13-31(34)38-26-10-2-1-9-24(26)18-21-35(38)52/h1-23H. The Morgan fingerprint density at radius 1 is 0.453 bits per heavy atom. The van der Waals surface area contributed by atoms with Gasteiger partial charge in [-0.2, -0.15) is 26.3 Å². The van der Waals surface area contributed by atoms with Crippen molar-refractivity contribution in [3.63, 3.8) is 0 Å². The van der Waals surface area contributed by atoms with E-state index < -0.39 is 28.9 Å². The molecule has 256 valence electrons. The first-order chi connectivity index (χ1) is 25.6. The van der Waals surface area contributed by atoms with Crippen LogP contribution in [0.2, 0.25) is 0 Å². The third kappa shape index (κ3) is 3.65. The number of furan rings is 1. The van der Waals surface area contributed by atoms with E-state index >= 15 is 17.6 Å². The van der Waals surface area contributed by atoms with Crippen LogP contribution in [-0.4, -0.2) is 10.5 Å². The lowest BCUT2D eigenvalue weighted by molar-refractivity contribution is -0.301. The van der Waals surface area contributed by atoms with Crippen molar-refractivity contribution in [1.82, 2.24) is 4.57 Å². The lowest BCUT2D eigenvalue weighted by atomic mass is 9.89.